The lowest BCUT2D eigenvalue weighted by atomic mass is 10.0. The summed E-state index contributed by atoms with van der Waals surface area (Å²) in [4.78, 5) is 25.1. The largest absolute Gasteiger partial charge is 0.353 e. The normalized spacial score (nSPS) is 15.8. The second-order valence-electron chi connectivity index (χ2n) is 5.77. The first-order valence-electron chi connectivity index (χ1n) is 7.65. The van der Waals surface area contributed by atoms with Crippen molar-refractivity contribution >= 4 is 11.8 Å². The zero-order chi connectivity index (χ0) is 15.2. The van der Waals surface area contributed by atoms with E-state index in [2.05, 4.69) is 24.4 Å². The molecular formula is C17H24N2O2. The van der Waals surface area contributed by atoms with Crippen LogP contribution in [0.15, 0.2) is 24.3 Å². The van der Waals surface area contributed by atoms with Crippen molar-refractivity contribution in [1.29, 1.82) is 0 Å². The monoisotopic (exact) mass is 288 g/mol. The van der Waals surface area contributed by atoms with Crippen LogP contribution in [0, 0.1) is 6.92 Å². The molecule has 4 nitrogen and oxygen atoms in total. The lowest BCUT2D eigenvalue weighted by Crippen LogP contribution is -2.46. The number of benzene rings is 1. The van der Waals surface area contributed by atoms with E-state index in [1.807, 2.05) is 17.0 Å². The van der Waals surface area contributed by atoms with Gasteiger partial charge in [-0.25, -0.2) is 0 Å². The summed E-state index contributed by atoms with van der Waals surface area (Å²) in [6.07, 6.45) is 3.02. The molecule has 1 aliphatic rings. The molecule has 2 amide bonds. The van der Waals surface area contributed by atoms with Gasteiger partial charge in [0, 0.05) is 32.5 Å². The summed E-state index contributed by atoms with van der Waals surface area (Å²) in [5, 5.41) is 3.09. The topological polar surface area (TPSA) is 49.4 Å². The molecule has 21 heavy (non-hydrogen) atoms. The number of amides is 2. The van der Waals surface area contributed by atoms with E-state index < -0.39 is 0 Å². The molecule has 1 fully saturated rings. The third-order valence-electron chi connectivity index (χ3n) is 4.19. The van der Waals surface area contributed by atoms with Gasteiger partial charge < -0.3 is 10.2 Å². The smallest absolute Gasteiger partial charge is 0.220 e. The van der Waals surface area contributed by atoms with Gasteiger partial charge >= 0.3 is 0 Å². The maximum Gasteiger partial charge on any atom is 0.220 e. The zero-order valence-electron chi connectivity index (χ0n) is 12.9. The quantitative estimate of drug-likeness (QED) is 0.922. The van der Waals surface area contributed by atoms with Crippen molar-refractivity contribution in [1.82, 2.24) is 10.2 Å². The van der Waals surface area contributed by atoms with Gasteiger partial charge in [0.25, 0.3) is 0 Å². The van der Waals surface area contributed by atoms with Crippen LogP contribution >= 0.6 is 0 Å². The van der Waals surface area contributed by atoms with E-state index in [1.165, 1.54) is 11.1 Å². The van der Waals surface area contributed by atoms with E-state index >= 15 is 0 Å². The fourth-order valence-corrected chi connectivity index (χ4v) is 2.78. The van der Waals surface area contributed by atoms with Crippen LogP contribution in [0.3, 0.4) is 0 Å². The van der Waals surface area contributed by atoms with Crippen LogP contribution in [-0.2, 0) is 16.0 Å². The molecule has 0 atom stereocenters. The van der Waals surface area contributed by atoms with Gasteiger partial charge in [0.2, 0.25) is 11.8 Å². The first-order chi connectivity index (χ1) is 10.1. The lowest BCUT2D eigenvalue weighted by Gasteiger charge is -2.31. The Labute approximate surface area is 126 Å². The van der Waals surface area contributed by atoms with Crippen LogP contribution in [0.5, 0.6) is 0 Å². The van der Waals surface area contributed by atoms with Crippen LogP contribution in [0.2, 0.25) is 0 Å². The average Bonchev–Trinajstić information content (AvgIpc) is 2.47. The summed E-state index contributed by atoms with van der Waals surface area (Å²) in [7, 11) is 0. The molecule has 0 saturated carbocycles. The van der Waals surface area contributed by atoms with E-state index in [0.29, 0.717) is 6.42 Å². The van der Waals surface area contributed by atoms with E-state index in [0.717, 1.165) is 32.4 Å². The van der Waals surface area contributed by atoms with Gasteiger partial charge in [0.05, 0.1) is 0 Å². The summed E-state index contributed by atoms with van der Waals surface area (Å²) in [5.41, 5.74) is 2.47. The molecule has 1 saturated heterocycles. The zero-order valence-corrected chi connectivity index (χ0v) is 12.9. The third-order valence-corrected chi connectivity index (χ3v) is 4.19. The van der Waals surface area contributed by atoms with Crippen LogP contribution in [-0.4, -0.2) is 35.8 Å². The molecule has 0 radical (unpaired) electrons. The summed E-state index contributed by atoms with van der Waals surface area (Å²) >= 11 is 0. The van der Waals surface area contributed by atoms with Gasteiger partial charge in [0.15, 0.2) is 0 Å². The van der Waals surface area contributed by atoms with Gasteiger partial charge in [-0.15, -0.1) is 0 Å². The van der Waals surface area contributed by atoms with Crippen molar-refractivity contribution in [3.8, 4) is 0 Å². The Kier molecular flexibility index (Phi) is 5.37. The van der Waals surface area contributed by atoms with Gasteiger partial charge in [-0.05, 0) is 37.3 Å². The van der Waals surface area contributed by atoms with Crippen molar-refractivity contribution in [3.63, 3.8) is 0 Å². The highest BCUT2D eigenvalue weighted by molar-refractivity contribution is 5.76. The Morgan fingerprint density at radius 1 is 1.24 bits per heavy atom. The number of nitrogens with zero attached hydrogens (tertiary/aromatic N) is 1. The number of likely N-dealkylation sites (tertiary alicyclic amines) is 1. The molecule has 2 rings (SSSR count). The number of piperidine rings is 1. The van der Waals surface area contributed by atoms with Crippen LogP contribution in [0.1, 0.15) is 37.3 Å². The maximum atomic E-state index is 12.0. The second-order valence-corrected chi connectivity index (χ2v) is 5.77. The van der Waals surface area contributed by atoms with Crippen LogP contribution < -0.4 is 5.32 Å². The Hall–Kier alpha value is -1.84. The SMILES string of the molecule is CC(=O)N1CCC(NC(=O)CCc2ccccc2C)CC1. The molecule has 0 aliphatic carbocycles. The standard InChI is InChI=1S/C17H24N2O2/c1-13-5-3-4-6-15(13)7-8-17(21)18-16-9-11-19(12-10-16)14(2)20/h3-6,16H,7-12H2,1-2H3,(H,18,21). The molecule has 0 aromatic heterocycles. The van der Waals surface area contributed by atoms with E-state index in [9.17, 15) is 9.59 Å². The number of carbonyl (C=O) groups excluding carboxylic acids is 2. The highest BCUT2D eigenvalue weighted by atomic mass is 16.2. The first-order valence-corrected chi connectivity index (χ1v) is 7.65. The fourth-order valence-electron chi connectivity index (χ4n) is 2.78. The second kappa shape index (κ2) is 7.25. The number of hydrogen-bond donors (Lipinski definition) is 1. The Morgan fingerprint density at radius 3 is 2.52 bits per heavy atom. The summed E-state index contributed by atoms with van der Waals surface area (Å²) in [5.74, 6) is 0.235. The minimum Gasteiger partial charge on any atom is -0.353 e. The highest BCUT2D eigenvalue weighted by Gasteiger charge is 2.21. The van der Waals surface area contributed by atoms with Gasteiger partial charge in [-0.2, -0.15) is 0 Å². The molecule has 1 heterocycles. The van der Waals surface area contributed by atoms with E-state index in [-0.39, 0.29) is 17.9 Å². The van der Waals surface area contributed by atoms with E-state index in [1.54, 1.807) is 6.92 Å². The summed E-state index contributed by atoms with van der Waals surface area (Å²) < 4.78 is 0. The molecule has 1 aromatic carbocycles. The first kappa shape index (κ1) is 15.5. The Morgan fingerprint density at radius 2 is 1.90 bits per heavy atom. The van der Waals surface area contributed by atoms with Crippen molar-refractivity contribution < 1.29 is 9.59 Å². The van der Waals surface area contributed by atoms with Gasteiger partial charge in [-0.1, -0.05) is 24.3 Å². The predicted octanol–water partition coefficient (Wildman–Crippen LogP) is 2.05. The molecule has 1 aromatic rings. The van der Waals surface area contributed by atoms with Gasteiger partial charge in [-0.3, -0.25) is 9.59 Å². The molecule has 1 N–H and O–H groups in total. The highest BCUT2D eigenvalue weighted by Crippen LogP contribution is 2.12. The Bertz CT molecular complexity index is 505. The molecule has 114 valence electrons. The van der Waals surface area contributed by atoms with Crippen LogP contribution in [0.4, 0.5) is 0 Å². The number of carbonyl (C=O) groups is 2. The molecule has 0 unspecified atom stereocenters. The number of nitrogens with one attached hydrogen (secondary N) is 1. The van der Waals surface area contributed by atoms with Crippen molar-refractivity contribution in [2.75, 3.05) is 13.1 Å². The molecular weight excluding hydrogens is 264 g/mol. The number of rotatable bonds is 4. The lowest BCUT2D eigenvalue weighted by molar-refractivity contribution is -0.130. The van der Waals surface area contributed by atoms with E-state index in [4.69, 9.17) is 0 Å². The van der Waals surface area contributed by atoms with Crippen LogP contribution in [0.25, 0.3) is 0 Å². The summed E-state index contributed by atoms with van der Waals surface area (Å²) in [6, 6.07) is 8.39. The average molecular weight is 288 g/mol. The third kappa shape index (κ3) is 4.59. The minimum absolute atomic E-state index is 0.111. The van der Waals surface area contributed by atoms with Crippen molar-refractivity contribution in [3.05, 3.63) is 35.4 Å². The summed E-state index contributed by atoms with van der Waals surface area (Å²) in [6.45, 7) is 5.17. The predicted molar refractivity (Wildman–Crippen MR) is 82.9 cm³/mol. The Balaban J connectivity index is 1.73. The molecule has 4 heteroatoms. The molecule has 1 aliphatic heterocycles. The maximum absolute atomic E-state index is 12.0. The minimum atomic E-state index is 0.111. The molecule has 0 spiro atoms. The fraction of sp³-hybridized carbons (Fsp3) is 0.529. The van der Waals surface area contributed by atoms with Gasteiger partial charge in [0.1, 0.15) is 0 Å². The number of aryl methyl sites for hydroxylation is 2. The van der Waals surface area contributed by atoms with Crippen molar-refractivity contribution in [2.24, 2.45) is 0 Å². The van der Waals surface area contributed by atoms with Crippen molar-refractivity contribution in [2.45, 2.75) is 45.6 Å². The number of hydrogen-bond acceptors (Lipinski definition) is 2. The molecule has 0 bridgehead atoms.